The van der Waals surface area contributed by atoms with Crippen molar-refractivity contribution in [2.45, 2.75) is 6.61 Å². The number of ether oxygens (including phenoxy) is 1. The maximum absolute atomic E-state index is 9.73. The van der Waals surface area contributed by atoms with Crippen molar-refractivity contribution in [1.82, 2.24) is 4.98 Å². The van der Waals surface area contributed by atoms with Gasteiger partial charge in [0.2, 0.25) is 5.89 Å². The van der Waals surface area contributed by atoms with Crippen molar-refractivity contribution in [3.63, 3.8) is 0 Å². The molecule has 0 radical (unpaired) electrons. The molecule has 4 aromatic rings. The van der Waals surface area contributed by atoms with Gasteiger partial charge in [-0.3, -0.25) is 0 Å². The number of rotatable bonds is 5. The molecule has 0 bridgehead atoms. The maximum Gasteiger partial charge on any atom is 0.238 e. The van der Waals surface area contributed by atoms with Gasteiger partial charge in [0, 0.05) is 15.1 Å². The SMILES string of the molecule is N#C/C(=C\c1cc(Br)cc(Br)c1OCc1ccc(Cl)cc1)c1nc2ccccc2o1. The van der Waals surface area contributed by atoms with Crippen molar-refractivity contribution in [3.05, 3.63) is 91.6 Å². The Morgan fingerprint density at radius 1 is 1.13 bits per heavy atom. The molecule has 0 aliphatic rings. The molecule has 0 saturated carbocycles. The number of fused-ring (bicyclic) bond motifs is 1. The van der Waals surface area contributed by atoms with Crippen molar-refractivity contribution in [2.75, 3.05) is 0 Å². The van der Waals surface area contributed by atoms with Crippen molar-refractivity contribution in [3.8, 4) is 11.8 Å². The van der Waals surface area contributed by atoms with E-state index >= 15 is 0 Å². The van der Waals surface area contributed by atoms with Crippen LogP contribution in [0.3, 0.4) is 0 Å². The Kier molecular flexibility index (Phi) is 6.24. The number of halogens is 3. The van der Waals surface area contributed by atoms with Crippen LogP contribution < -0.4 is 4.74 Å². The molecular formula is C23H13Br2ClN2O2. The van der Waals surface area contributed by atoms with Crippen molar-refractivity contribution in [1.29, 1.82) is 5.26 Å². The van der Waals surface area contributed by atoms with E-state index in [1.165, 1.54) is 0 Å². The van der Waals surface area contributed by atoms with Gasteiger partial charge < -0.3 is 9.15 Å². The van der Waals surface area contributed by atoms with Crippen LogP contribution in [0.15, 0.2) is 74.0 Å². The van der Waals surface area contributed by atoms with Gasteiger partial charge in [-0.1, -0.05) is 51.8 Å². The third kappa shape index (κ3) is 4.59. The number of nitriles is 1. The molecule has 148 valence electrons. The highest BCUT2D eigenvalue weighted by molar-refractivity contribution is 9.11. The monoisotopic (exact) mass is 542 g/mol. The molecule has 7 heteroatoms. The largest absolute Gasteiger partial charge is 0.487 e. The summed E-state index contributed by atoms with van der Waals surface area (Å²) in [5.74, 6) is 0.871. The van der Waals surface area contributed by atoms with Gasteiger partial charge in [-0.15, -0.1) is 0 Å². The first kappa shape index (κ1) is 20.7. The number of oxazole rings is 1. The van der Waals surface area contributed by atoms with Crippen LogP contribution in [-0.2, 0) is 6.61 Å². The number of para-hydroxylation sites is 2. The fraction of sp³-hybridized carbons (Fsp3) is 0.0435. The van der Waals surface area contributed by atoms with Gasteiger partial charge in [0.1, 0.15) is 29.5 Å². The molecule has 4 rings (SSSR count). The minimum Gasteiger partial charge on any atom is -0.487 e. The molecule has 4 nitrogen and oxygen atoms in total. The molecule has 0 unspecified atom stereocenters. The topological polar surface area (TPSA) is 59.0 Å². The first-order valence-electron chi connectivity index (χ1n) is 8.87. The van der Waals surface area contributed by atoms with Crippen molar-refractivity contribution < 1.29 is 9.15 Å². The van der Waals surface area contributed by atoms with E-state index in [1.54, 1.807) is 6.08 Å². The predicted octanol–water partition coefficient (Wildman–Crippen LogP) is 7.65. The summed E-state index contributed by atoms with van der Waals surface area (Å²) in [6.45, 7) is 0.350. The molecule has 0 spiro atoms. The zero-order chi connectivity index (χ0) is 21.1. The minimum absolute atomic E-state index is 0.262. The smallest absolute Gasteiger partial charge is 0.238 e. The second-order valence-corrected chi connectivity index (χ2v) is 8.58. The van der Waals surface area contributed by atoms with Gasteiger partial charge in [0.15, 0.2) is 5.58 Å². The number of nitrogens with zero attached hydrogens (tertiary/aromatic N) is 2. The quantitative estimate of drug-likeness (QED) is 0.242. The highest BCUT2D eigenvalue weighted by Gasteiger charge is 2.15. The lowest BCUT2D eigenvalue weighted by Crippen LogP contribution is -1.98. The van der Waals surface area contributed by atoms with Crippen molar-refractivity contribution in [2.24, 2.45) is 0 Å². The van der Waals surface area contributed by atoms with Crippen LogP contribution in [0.1, 0.15) is 17.0 Å². The van der Waals surface area contributed by atoms with Crippen LogP contribution in [0.5, 0.6) is 5.75 Å². The lowest BCUT2D eigenvalue weighted by molar-refractivity contribution is 0.303. The average molecular weight is 545 g/mol. The Labute approximate surface area is 195 Å². The van der Waals surface area contributed by atoms with Crippen LogP contribution in [-0.4, -0.2) is 4.98 Å². The second kappa shape index (κ2) is 9.05. The Morgan fingerprint density at radius 3 is 2.63 bits per heavy atom. The van der Waals surface area contributed by atoms with E-state index < -0.39 is 0 Å². The first-order valence-corrected chi connectivity index (χ1v) is 10.8. The molecule has 0 atom stereocenters. The third-order valence-electron chi connectivity index (χ3n) is 4.28. The molecular weight excluding hydrogens is 532 g/mol. The number of aromatic nitrogens is 1. The Bertz CT molecular complexity index is 1260. The highest BCUT2D eigenvalue weighted by Crippen LogP contribution is 2.36. The van der Waals surface area contributed by atoms with Crippen LogP contribution >= 0.6 is 43.5 Å². The van der Waals surface area contributed by atoms with Crippen LogP contribution in [0.2, 0.25) is 5.02 Å². The first-order chi connectivity index (χ1) is 14.5. The van der Waals surface area contributed by atoms with E-state index in [4.69, 9.17) is 20.8 Å². The fourth-order valence-corrected chi connectivity index (χ4v) is 4.36. The summed E-state index contributed by atoms with van der Waals surface area (Å²) < 4.78 is 13.4. The Morgan fingerprint density at radius 2 is 1.90 bits per heavy atom. The van der Waals surface area contributed by atoms with Gasteiger partial charge in [-0.25, -0.2) is 4.98 Å². The van der Waals surface area contributed by atoms with Gasteiger partial charge in [-0.2, -0.15) is 5.26 Å². The second-order valence-electron chi connectivity index (χ2n) is 6.38. The summed E-state index contributed by atoms with van der Waals surface area (Å²) in [6.07, 6.45) is 1.71. The molecule has 0 amide bonds. The summed E-state index contributed by atoms with van der Waals surface area (Å²) in [6, 6.07) is 20.8. The number of hydrogen-bond donors (Lipinski definition) is 0. The van der Waals surface area contributed by atoms with Gasteiger partial charge in [0.05, 0.1) is 4.47 Å². The molecule has 3 aromatic carbocycles. The van der Waals surface area contributed by atoms with E-state index in [0.717, 1.165) is 14.5 Å². The summed E-state index contributed by atoms with van der Waals surface area (Å²) in [5.41, 5.74) is 3.31. The van der Waals surface area contributed by atoms with Crippen molar-refractivity contribution >= 4 is 66.2 Å². The van der Waals surface area contributed by atoms with Gasteiger partial charge in [-0.05, 0) is 64.0 Å². The Balaban J connectivity index is 1.71. The molecule has 0 aliphatic heterocycles. The molecule has 1 aromatic heterocycles. The third-order valence-corrected chi connectivity index (χ3v) is 5.58. The predicted molar refractivity (Wildman–Crippen MR) is 125 cm³/mol. The standard InChI is InChI=1S/C23H13Br2ClN2O2/c24-17-10-15(9-16(12-27)23-28-20-3-1-2-4-21(20)30-23)22(19(25)11-17)29-13-14-5-7-18(26)8-6-14/h1-11H,13H2/b16-9+. The summed E-state index contributed by atoms with van der Waals surface area (Å²) in [7, 11) is 0. The van der Waals surface area contributed by atoms with Crippen LogP contribution in [0.4, 0.5) is 0 Å². The Hall–Kier alpha value is -2.59. The summed E-state index contributed by atoms with van der Waals surface area (Å²) in [4.78, 5) is 4.42. The molecule has 1 heterocycles. The number of allylic oxidation sites excluding steroid dienone is 1. The van der Waals surface area contributed by atoms with E-state index in [2.05, 4.69) is 42.9 Å². The lowest BCUT2D eigenvalue weighted by atomic mass is 10.1. The van der Waals surface area contributed by atoms with Crippen LogP contribution in [0.25, 0.3) is 22.7 Å². The molecule has 30 heavy (non-hydrogen) atoms. The zero-order valence-corrected chi connectivity index (χ0v) is 19.3. The van der Waals surface area contributed by atoms with E-state index in [0.29, 0.717) is 39.6 Å². The fourth-order valence-electron chi connectivity index (χ4n) is 2.86. The summed E-state index contributed by atoms with van der Waals surface area (Å²) >= 11 is 13.0. The summed E-state index contributed by atoms with van der Waals surface area (Å²) in [5, 5.41) is 10.4. The highest BCUT2D eigenvalue weighted by atomic mass is 79.9. The maximum atomic E-state index is 9.73. The van der Waals surface area contributed by atoms with Gasteiger partial charge in [0.25, 0.3) is 0 Å². The normalized spacial score (nSPS) is 11.5. The van der Waals surface area contributed by atoms with E-state index in [9.17, 15) is 5.26 Å². The number of benzene rings is 3. The minimum atomic E-state index is 0.262. The molecule has 0 saturated heterocycles. The zero-order valence-electron chi connectivity index (χ0n) is 15.4. The molecule has 0 fully saturated rings. The van der Waals surface area contributed by atoms with Crippen LogP contribution in [0, 0.1) is 11.3 Å². The lowest BCUT2D eigenvalue weighted by Gasteiger charge is -2.13. The van der Waals surface area contributed by atoms with E-state index in [-0.39, 0.29) is 5.89 Å². The average Bonchev–Trinajstić information content (AvgIpc) is 3.16. The number of hydrogen-bond acceptors (Lipinski definition) is 4. The van der Waals surface area contributed by atoms with E-state index in [1.807, 2.05) is 60.7 Å². The molecule has 0 aliphatic carbocycles. The van der Waals surface area contributed by atoms with Gasteiger partial charge >= 0.3 is 0 Å². The molecule has 0 N–H and O–H groups in total.